The van der Waals surface area contributed by atoms with Crippen LogP contribution in [0.15, 0.2) is 22.7 Å². The van der Waals surface area contributed by atoms with Gasteiger partial charge in [0, 0.05) is 28.8 Å². The lowest BCUT2D eigenvalue weighted by atomic mass is 9.99. The van der Waals surface area contributed by atoms with Crippen LogP contribution in [0, 0.1) is 0 Å². The van der Waals surface area contributed by atoms with Gasteiger partial charge in [-0.2, -0.15) is 0 Å². The summed E-state index contributed by atoms with van der Waals surface area (Å²) in [6.45, 7) is 5.40. The molecule has 1 aliphatic heterocycles. The second kappa shape index (κ2) is 4.54. The maximum Gasteiger partial charge on any atom is 0.0385 e. The Morgan fingerprint density at radius 1 is 1.47 bits per heavy atom. The molecular formula is C12H17BrN2. The Morgan fingerprint density at radius 3 is 3.00 bits per heavy atom. The fourth-order valence-corrected chi connectivity index (χ4v) is 2.60. The molecule has 0 radical (unpaired) electrons. The summed E-state index contributed by atoms with van der Waals surface area (Å²) in [4.78, 5) is 0. The first-order valence-corrected chi connectivity index (χ1v) is 6.23. The SMILES string of the molecule is CC(C)NC1CNc2cccc(Br)c2C1. The van der Waals surface area contributed by atoms with E-state index in [0.717, 1.165) is 13.0 Å². The van der Waals surface area contributed by atoms with Crippen LogP contribution >= 0.6 is 15.9 Å². The monoisotopic (exact) mass is 268 g/mol. The lowest BCUT2D eigenvalue weighted by Gasteiger charge is -2.29. The van der Waals surface area contributed by atoms with Gasteiger partial charge in [-0.05, 0) is 24.1 Å². The van der Waals surface area contributed by atoms with E-state index >= 15 is 0 Å². The highest BCUT2D eigenvalue weighted by Gasteiger charge is 2.19. The molecule has 82 valence electrons. The molecule has 1 aliphatic rings. The highest BCUT2D eigenvalue weighted by Crippen LogP contribution is 2.28. The normalized spacial score (nSPS) is 19.9. The van der Waals surface area contributed by atoms with Crippen LogP contribution in [-0.4, -0.2) is 18.6 Å². The third-order valence-electron chi connectivity index (χ3n) is 2.68. The van der Waals surface area contributed by atoms with Crippen molar-refractivity contribution in [3.05, 3.63) is 28.2 Å². The number of rotatable bonds is 2. The number of benzene rings is 1. The Balaban J connectivity index is 2.15. The molecule has 0 saturated heterocycles. The Labute approximate surface area is 99.6 Å². The van der Waals surface area contributed by atoms with E-state index in [0.29, 0.717) is 12.1 Å². The van der Waals surface area contributed by atoms with E-state index in [9.17, 15) is 0 Å². The zero-order valence-corrected chi connectivity index (χ0v) is 10.8. The largest absolute Gasteiger partial charge is 0.383 e. The molecule has 1 atom stereocenters. The Kier molecular flexibility index (Phi) is 3.32. The Bertz CT molecular complexity index is 349. The van der Waals surface area contributed by atoms with Gasteiger partial charge < -0.3 is 10.6 Å². The zero-order chi connectivity index (χ0) is 10.8. The van der Waals surface area contributed by atoms with E-state index < -0.39 is 0 Å². The first-order chi connectivity index (χ1) is 7.16. The minimum atomic E-state index is 0.538. The van der Waals surface area contributed by atoms with Crippen LogP contribution in [0.3, 0.4) is 0 Å². The number of halogens is 1. The molecule has 2 N–H and O–H groups in total. The number of nitrogens with one attached hydrogen (secondary N) is 2. The van der Waals surface area contributed by atoms with Crippen LogP contribution in [0.4, 0.5) is 5.69 Å². The van der Waals surface area contributed by atoms with Crippen molar-refractivity contribution >= 4 is 21.6 Å². The number of hydrogen-bond donors (Lipinski definition) is 2. The number of anilines is 1. The average Bonchev–Trinajstić information content (AvgIpc) is 2.18. The second-order valence-electron chi connectivity index (χ2n) is 4.37. The zero-order valence-electron chi connectivity index (χ0n) is 9.18. The molecule has 15 heavy (non-hydrogen) atoms. The lowest BCUT2D eigenvalue weighted by Crippen LogP contribution is -2.43. The molecule has 0 saturated carbocycles. The van der Waals surface area contributed by atoms with Crippen molar-refractivity contribution in [2.75, 3.05) is 11.9 Å². The molecule has 0 amide bonds. The molecule has 2 nitrogen and oxygen atoms in total. The third-order valence-corrected chi connectivity index (χ3v) is 3.42. The van der Waals surface area contributed by atoms with Crippen LogP contribution in [0.2, 0.25) is 0 Å². The Morgan fingerprint density at radius 2 is 2.27 bits per heavy atom. The van der Waals surface area contributed by atoms with Crippen LogP contribution in [-0.2, 0) is 6.42 Å². The molecule has 1 aromatic rings. The van der Waals surface area contributed by atoms with E-state index in [2.05, 4.69) is 58.6 Å². The predicted molar refractivity (Wildman–Crippen MR) is 68.4 cm³/mol. The van der Waals surface area contributed by atoms with Gasteiger partial charge in [-0.1, -0.05) is 35.8 Å². The van der Waals surface area contributed by atoms with Gasteiger partial charge in [-0.25, -0.2) is 0 Å². The van der Waals surface area contributed by atoms with Crippen molar-refractivity contribution in [3.63, 3.8) is 0 Å². The van der Waals surface area contributed by atoms with Crippen LogP contribution in [0.25, 0.3) is 0 Å². The van der Waals surface area contributed by atoms with Crippen molar-refractivity contribution < 1.29 is 0 Å². The first kappa shape index (κ1) is 11.0. The minimum Gasteiger partial charge on any atom is -0.383 e. The molecule has 0 spiro atoms. The molecular weight excluding hydrogens is 252 g/mol. The maximum atomic E-state index is 3.61. The summed E-state index contributed by atoms with van der Waals surface area (Å²) in [6, 6.07) is 7.41. The van der Waals surface area contributed by atoms with Crippen molar-refractivity contribution in [2.24, 2.45) is 0 Å². The molecule has 0 aliphatic carbocycles. The molecule has 0 bridgehead atoms. The van der Waals surface area contributed by atoms with E-state index in [1.807, 2.05) is 0 Å². The van der Waals surface area contributed by atoms with Crippen molar-refractivity contribution in [3.8, 4) is 0 Å². The van der Waals surface area contributed by atoms with Gasteiger partial charge in [0.15, 0.2) is 0 Å². The predicted octanol–water partition coefficient (Wildman–Crippen LogP) is 2.78. The minimum absolute atomic E-state index is 0.538. The third kappa shape index (κ3) is 2.52. The number of hydrogen-bond acceptors (Lipinski definition) is 2. The van der Waals surface area contributed by atoms with Gasteiger partial charge in [0.25, 0.3) is 0 Å². The molecule has 2 rings (SSSR count). The lowest BCUT2D eigenvalue weighted by molar-refractivity contribution is 0.467. The summed E-state index contributed by atoms with van der Waals surface area (Å²) < 4.78 is 1.21. The summed E-state index contributed by atoms with van der Waals surface area (Å²) in [7, 11) is 0. The van der Waals surface area contributed by atoms with E-state index in [1.165, 1.54) is 15.7 Å². The fraction of sp³-hybridized carbons (Fsp3) is 0.500. The maximum absolute atomic E-state index is 3.61. The molecule has 0 aromatic heterocycles. The van der Waals surface area contributed by atoms with E-state index in [4.69, 9.17) is 0 Å². The van der Waals surface area contributed by atoms with Gasteiger partial charge in [0.1, 0.15) is 0 Å². The summed E-state index contributed by atoms with van der Waals surface area (Å²) in [6.07, 6.45) is 1.10. The smallest absolute Gasteiger partial charge is 0.0385 e. The molecule has 0 fully saturated rings. The summed E-state index contributed by atoms with van der Waals surface area (Å²) >= 11 is 3.61. The van der Waals surface area contributed by atoms with Gasteiger partial charge in [0.05, 0.1) is 0 Å². The van der Waals surface area contributed by atoms with Crippen LogP contribution < -0.4 is 10.6 Å². The molecule has 3 heteroatoms. The van der Waals surface area contributed by atoms with Crippen molar-refractivity contribution in [1.29, 1.82) is 0 Å². The second-order valence-corrected chi connectivity index (χ2v) is 5.22. The summed E-state index contributed by atoms with van der Waals surface area (Å²) in [5, 5.41) is 7.03. The van der Waals surface area contributed by atoms with Gasteiger partial charge in [-0.15, -0.1) is 0 Å². The quantitative estimate of drug-likeness (QED) is 0.862. The van der Waals surface area contributed by atoms with Crippen molar-refractivity contribution in [2.45, 2.75) is 32.4 Å². The van der Waals surface area contributed by atoms with Gasteiger partial charge >= 0.3 is 0 Å². The first-order valence-electron chi connectivity index (χ1n) is 5.44. The van der Waals surface area contributed by atoms with Gasteiger partial charge in [-0.3, -0.25) is 0 Å². The number of fused-ring (bicyclic) bond motifs is 1. The summed E-state index contributed by atoms with van der Waals surface area (Å²) in [5.74, 6) is 0. The molecule has 1 unspecified atom stereocenters. The Hall–Kier alpha value is -0.540. The van der Waals surface area contributed by atoms with Gasteiger partial charge in [0.2, 0.25) is 0 Å². The summed E-state index contributed by atoms with van der Waals surface area (Å²) in [5.41, 5.74) is 2.66. The van der Waals surface area contributed by atoms with Crippen molar-refractivity contribution in [1.82, 2.24) is 5.32 Å². The van der Waals surface area contributed by atoms with Crippen LogP contribution in [0.5, 0.6) is 0 Å². The average molecular weight is 269 g/mol. The topological polar surface area (TPSA) is 24.1 Å². The highest BCUT2D eigenvalue weighted by atomic mass is 79.9. The van der Waals surface area contributed by atoms with E-state index in [-0.39, 0.29) is 0 Å². The fourth-order valence-electron chi connectivity index (χ4n) is 2.07. The highest BCUT2D eigenvalue weighted by molar-refractivity contribution is 9.10. The standard InChI is InChI=1S/C12H17BrN2/c1-8(2)15-9-6-10-11(13)4-3-5-12(10)14-7-9/h3-5,8-9,14-15H,6-7H2,1-2H3. The molecule has 1 heterocycles. The van der Waals surface area contributed by atoms with Crippen LogP contribution in [0.1, 0.15) is 19.4 Å². The molecule has 1 aromatic carbocycles. The van der Waals surface area contributed by atoms with E-state index in [1.54, 1.807) is 0 Å².